The van der Waals surface area contributed by atoms with Crippen molar-refractivity contribution in [2.45, 2.75) is 50.7 Å². The molecule has 0 saturated heterocycles. The van der Waals surface area contributed by atoms with Gasteiger partial charge in [0, 0.05) is 40.1 Å². The van der Waals surface area contributed by atoms with E-state index in [9.17, 15) is 14.7 Å². The minimum absolute atomic E-state index is 0.00870. The molecule has 0 radical (unpaired) electrons. The third-order valence-electron chi connectivity index (χ3n) is 7.53. The molecule has 2 atom stereocenters. The summed E-state index contributed by atoms with van der Waals surface area (Å²) >= 11 is 0. The summed E-state index contributed by atoms with van der Waals surface area (Å²) < 4.78 is 0. The Hall–Kier alpha value is -4.04. The Labute approximate surface area is 214 Å². The minimum atomic E-state index is -1.05. The van der Waals surface area contributed by atoms with Crippen LogP contribution in [0.25, 0.3) is 22.2 Å². The lowest BCUT2D eigenvalue weighted by atomic mass is 9.81. The standard InChI is InChI=1S/C29H29N5O3/c1-18-13-20(10-12-30-18)27-23-14-21(8-9-24(23)32-33-27)28(36)31-22-6-4-11-29(37,16-22)17-34-25-7-3-2-5-19(25)15-26(34)35/h2-3,5,7-10,12-14,22,37H,4,6,11,15-17H2,1H3,(H,31,36)(H,32,33). The van der Waals surface area contributed by atoms with Crippen LogP contribution >= 0.6 is 0 Å². The fourth-order valence-electron chi connectivity index (χ4n) is 5.73. The van der Waals surface area contributed by atoms with E-state index in [2.05, 4.69) is 20.5 Å². The number of aromatic amines is 1. The topological polar surface area (TPSA) is 111 Å². The van der Waals surface area contributed by atoms with Crippen molar-refractivity contribution in [3.63, 3.8) is 0 Å². The van der Waals surface area contributed by atoms with Crippen LogP contribution < -0.4 is 10.2 Å². The lowest BCUT2D eigenvalue weighted by molar-refractivity contribution is -0.118. The van der Waals surface area contributed by atoms with E-state index < -0.39 is 5.60 Å². The molecule has 2 aliphatic rings. The van der Waals surface area contributed by atoms with Crippen molar-refractivity contribution in [3.8, 4) is 11.3 Å². The van der Waals surface area contributed by atoms with E-state index in [0.717, 1.165) is 51.9 Å². The first kappa shape index (κ1) is 23.4. The molecular formula is C29H29N5O3. The van der Waals surface area contributed by atoms with Gasteiger partial charge in [-0.05, 0) is 74.6 Å². The predicted octanol–water partition coefficient (Wildman–Crippen LogP) is 3.93. The van der Waals surface area contributed by atoms with Gasteiger partial charge in [-0.1, -0.05) is 18.2 Å². The van der Waals surface area contributed by atoms with Gasteiger partial charge in [-0.2, -0.15) is 5.10 Å². The second kappa shape index (κ2) is 9.12. The number of hydrogen-bond acceptors (Lipinski definition) is 5. The molecule has 2 aromatic heterocycles. The number of fused-ring (bicyclic) bond motifs is 2. The van der Waals surface area contributed by atoms with Gasteiger partial charge in [-0.15, -0.1) is 0 Å². The van der Waals surface area contributed by atoms with Gasteiger partial charge >= 0.3 is 0 Å². The van der Waals surface area contributed by atoms with Crippen LogP contribution in [-0.2, 0) is 11.2 Å². The van der Waals surface area contributed by atoms with Crippen LogP contribution in [0, 0.1) is 6.92 Å². The molecule has 2 unspecified atom stereocenters. The smallest absolute Gasteiger partial charge is 0.251 e. The Morgan fingerprint density at radius 3 is 2.95 bits per heavy atom. The zero-order valence-electron chi connectivity index (χ0n) is 20.7. The molecule has 8 nitrogen and oxygen atoms in total. The molecule has 3 heterocycles. The van der Waals surface area contributed by atoms with Gasteiger partial charge in [0.05, 0.1) is 24.1 Å². The highest BCUT2D eigenvalue weighted by Gasteiger charge is 2.40. The lowest BCUT2D eigenvalue weighted by Gasteiger charge is -2.39. The first-order valence-electron chi connectivity index (χ1n) is 12.7. The number of H-pyrrole nitrogens is 1. The summed E-state index contributed by atoms with van der Waals surface area (Å²) in [7, 11) is 0. The molecule has 2 amide bonds. The largest absolute Gasteiger partial charge is 0.388 e. The van der Waals surface area contributed by atoms with E-state index in [0.29, 0.717) is 24.8 Å². The van der Waals surface area contributed by atoms with E-state index in [4.69, 9.17) is 0 Å². The second-order valence-electron chi connectivity index (χ2n) is 10.3. The number of aromatic nitrogens is 3. The Bertz CT molecular complexity index is 1510. The third kappa shape index (κ3) is 4.49. The number of β-amino-alcohol motifs (C(OH)–C–C–N with tert-alkyl or cyclic N) is 1. The molecule has 2 aromatic carbocycles. The Morgan fingerprint density at radius 1 is 1.22 bits per heavy atom. The molecule has 8 heteroatoms. The van der Waals surface area contributed by atoms with Gasteiger partial charge in [-0.25, -0.2) is 0 Å². The molecule has 1 aliphatic heterocycles. The predicted molar refractivity (Wildman–Crippen MR) is 141 cm³/mol. The Morgan fingerprint density at radius 2 is 2.08 bits per heavy atom. The molecule has 188 valence electrons. The van der Waals surface area contributed by atoms with Gasteiger partial charge in [0.15, 0.2) is 0 Å². The summed E-state index contributed by atoms with van der Waals surface area (Å²) in [6.07, 6.45) is 4.68. The number of rotatable bonds is 5. The first-order valence-corrected chi connectivity index (χ1v) is 12.7. The molecule has 1 fully saturated rings. The highest BCUT2D eigenvalue weighted by molar-refractivity contribution is 6.02. The number of nitrogens with zero attached hydrogens (tertiary/aromatic N) is 3. The Kier molecular flexibility index (Phi) is 5.76. The van der Waals surface area contributed by atoms with Gasteiger partial charge in [0.2, 0.25) is 5.91 Å². The summed E-state index contributed by atoms with van der Waals surface area (Å²) in [5.41, 5.74) is 4.82. The van der Waals surface area contributed by atoms with Crippen molar-refractivity contribution in [1.29, 1.82) is 0 Å². The zero-order chi connectivity index (χ0) is 25.6. The van der Waals surface area contributed by atoms with Crippen LogP contribution in [0.1, 0.15) is 47.3 Å². The molecule has 37 heavy (non-hydrogen) atoms. The van der Waals surface area contributed by atoms with Gasteiger partial charge in [-0.3, -0.25) is 19.7 Å². The molecule has 1 saturated carbocycles. The van der Waals surface area contributed by atoms with Crippen LogP contribution in [0.3, 0.4) is 0 Å². The van der Waals surface area contributed by atoms with Crippen molar-refractivity contribution >= 4 is 28.4 Å². The van der Waals surface area contributed by atoms with Crippen molar-refractivity contribution in [2.24, 2.45) is 0 Å². The van der Waals surface area contributed by atoms with E-state index in [-0.39, 0.29) is 24.4 Å². The number of benzene rings is 2. The van der Waals surface area contributed by atoms with Crippen LogP contribution in [0.2, 0.25) is 0 Å². The number of amides is 2. The van der Waals surface area contributed by atoms with Gasteiger partial charge < -0.3 is 15.3 Å². The Balaban J connectivity index is 1.18. The number of aliphatic hydroxyl groups is 1. The van der Waals surface area contributed by atoms with Gasteiger partial charge in [0.25, 0.3) is 5.91 Å². The number of hydrogen-bond donors (Lipinski definition) is 3. The number of carbonyl (C=O) groups is 2. The number of pyridine rings is 1. The average molecular weight is 496 g/mol. The van der Waals surface area contributed by atoms with Crippen molar-refractivity contribution in [1.82, 2.24) is 20.5 Å². The molecule has 0 bridgehead atoms. The third-order valence-corrected chi connectivity index (χ3v) is 7.53. The van der Waals surface area contributed by atoms with E-state index in [1.807, 2.05) is 55.5 Å². The van der Waals surface area contributed by atoms with Crippen molar-refractivity contribution in [2.75, 3.05) is 11.4 Å². The lowest BCUT2D eigenvalue weighted by Crippen LogP contribution is -2.52. The fourth-order valence-corrected chi connectivity index (χ4v) is 5.73. The quantitative estimate of drug-likeness (QED) is 0.389. The first-order chi connectivity index (χ1) is 17.9. The summed E-state index contributed by atoms with van der Waals surface area (Å²) in [5.74, 6) is -0.175. The van der Waals surface area contributed by atoms with Crippen molar-refractivity contribution < 1.29 is 14.7 Å². The summed E-state index contributed by atoms with van der Waals surface area (Å²) in [6, 6.07) is 16.9. The maximum atomic E-state index is 13.3. The summed E-state index contributed by atoms with van der Waals surface area (Å²) in [6.45, 7) is 2.17. The van der Waals surface area contributed by atoms with E-state index in [1.54, 1.807) is 17.2 Å². The molecule has 3 N–H and O–H groups in total. The second-order valence-corrected chi connectivity index (χ2v) is 10.3. The molecule has 1 aliphatic carbocycles. The molecule has 0 spiro atoms. The van der Waals surface area contributed by atoms with Crippen LogP contribution in [-0.4, -0.2) is 50.3 Å². The van der Waals surface area contributed by atoms with Gasteiger partial charge in [0.1, 0.15) is 5.69 Å². The van der Waals surface area contributed by atoms with Crippen LogP contribution in [0.5, 0.6) is 0 Å². The zero-order valence-corrected chi connectivity index (χ0v) is 20.7. The fraction of sp³-hybridized carbons (Fsp3) is 0.310. The highest BCUT2D eigenvalue weighted by Crippen LogP contribution is 2.35. The average Bonchev–Trinajstić information content (AvgIpc) is 3.44. The number of para-hydroxylation sites is 1. The van der Waals surface area contributed by atoms with Crippen molar-refractivity contribution in [3.05, 3.63) is 77.6 Å². The SMILES string of the molecule is Cc1cc(-c2n[nH]c3ccc(C(=O)NC4CCCC(O)(CN5C(=O)Cc6ccccc65)C4)cc23)ccn1. The molecule has 4 aromatic rings. The normalized spacial score (nSPS) is 21.3. The summed E-state index contributed by atoms with van der Waals surface area (Å²) in [5, 5.41) is 23.0. The van der Waals surface area contributed by atoms with E-state index in [1.165, 1.54) is 0 Å². The minimum Gasteiger partial charge on any atom is -0.388 e. The molecular weight excluding hydrogens is 466 g/mol. The van der Waals surface area contributed by atoms with E-state index >= 15 is 0 Å². The molecule has 6 rings (SSSR count). The van der Waals surface area contributed by atoms with Crippen LogP contribution in [0.4, 0.5) is 5.69 Å². The number of aryl methyl sites for hydroxylation is 1. The maximum absolute atomic E-state index is 13.3. The summed E-state index contributed by atoms with van der Waals surface area (Å²) in [4.78, 5) is 31.9. The number of nitrogens with one attached hydrogen (secondary N) is 2. The number of carbonyl (C=O) groups excluding carboxylic acids is 2. The monoisotopic (exact) mass is 495 g/mol. The van der Waals surface area contributed by atoms with Crippen LogP contribution in [0.15, 0.2) is 60.8 Å². The highest BCUT2D eigenvalue weighted by atomic mass is 16.3. The number of anilines is 1. The maximum Gasteiger partial charge on any atom is 0.251 e.